The number of hydrogen-bond donors (Lipinski definition) is 0. The molecule has 0 spiro atoms. The zero-order valence-corrected chi connectivity index (χ0v) is 23.2. The maximum Gasteiger partial charge on any atom is 0.266 e. The average molecular weight is 563 g/mol. The van der Waals surface area contributed by atoms with Crippen molar-refractivity contribution in [1.82, 2.24) is 14.5 Å². The predicted octanol–water partition coefficient (Wildman–Crippen LogP) is 6.80. The first-order valence-electron chi connectivity index (χ1n) is 12.6. The number of carbonyl (C=O) groups excluding carboxylic acids is 1. The van der Waals surface area contributed by atoms with Gasteiger partial charge in [0.25, 0.3) is 11.5 Å². The Labute approximate surface area is 226 Å². The summed E-state index contributed by atoms with van der Waals surface area (Å²) in [7, 11) is 0. The maximum atomic E-state index is 13.8. The van der Waals surface area contributed by atoms with Gasteiger partial charge in [0.15, 0.2) is 0 Å². The molecule has 0 radical (unpaired) electrons. The molecule has 1 unspecified atom stereocenters. The van der Waals surface area contributed by atoms with Crippen LogP contribution in [0.15, 0.2) is 82.1 Å². The molecule has 4 aromatic rings. The zero-order chi connectivity index (χ0) is 26.5. The molecule has 1 amide bonds. The molecule has 37 heavy (non-hydrogen) atoms. The van der Waals surface area contributed by atoms with E-state index in [0.717, 1.165) is 16.6 Å². The lowest BCUT2D eigenvalue weighted by Gasteiger charge is -2.31. The van der Waals surface area contributed by atoms with E-state index in [4.69, 9.17) is 9.72 Å². The molecule has 0 saturated carbocycles. The second-order valence-electron chi connectivity index (χ2n) is 9.42. The van der Waals surface area contributed by atoms with E-state index in [2.05, 4.69) is 29.8 Å². The van der Waals surface area contributed by atoms with Crippen molar-refractivity contribution < 1.29 is 9.53 Å². The number of aromatic nitrogens is 2. The van der Waals surface area contributed by atoms with E-state index < -0.39 is 6.04 Å². The molecule has 1 heterocycles. The number of fused-ring (bicyclic) bond motifs is 1. The summed E-state index contributed by atoms with van der Waals surface area (Å²) < 4.78 is 8.06. The second-order valence-corrected chi connectivity index (χ2v) is 10.3. The van der Waals surface area contributed by atoms with Crippen LogP contribution in [-0.2, 0) is 0 Å². The summed E-state index contributed by atoms with van der Waals surface area (Å²) in [6.45, 7) is 9.24. The van der Waals surface area contributed by atoms with Crippen LogP contribution in [0.4, 0.5) is 0 Å². The number of rotatable bonds is 9. The zero-order valence-electron chi connectivity index (χ0n) is 21.6. The minimum Gasteiger partial charge on any atom is -0.494 e. The van der Waals surface area contributed by atoms with E-state index >= 15 is 0 Å². The number of ether oxygens (including phenoxy) is 1. The third-order valence-electron chi connectivity index (χ3n) is 6.33. The Morgan fingerprint density at radius 1 is 1.03 bits per heavy atom. The van der Waals surface area contributed by atoms with Crippen LogP contribution >= 0.6 is 15.9 Å². The number of nitrogens with zero attached hydrogens (tertiary/aromatic N) is 3. The van der Waals surface area contributed by atoms with Crippen LogP contribution in [0, 0.1) is 5.92 Å². The van der Waals surface area contributed by atoms with Crippen LogP contribution in [0.2, 0.25) is 0 Å². The quantitative estimate of drug-likeness (QED) is 0.225. The molecule has 1 atom stereocenters. The average Bonchev–Trinajstić information content (AvgIpc) is 2.89. The van der Waals surface area contributed by atoms with Gasteiger partial charge in [-0.05, 0) is 80.8 Å². The Bertz CT molecular complexity index is 1450. The second kappa shape index (κ2) is 11.7. The molecule has 0 aliphatic heterocycles. The smallest absolute Gasteiger partial charge is 0.266 e. The van der Waals surface area contributed by atoms with Gasteiger partial charge in [0.2, 0.25) is 0 Å². The highest BCUT2D eigenvalue weighted by molar-refractivity contribution is 9.10. The standard InChI is InChI=1S/C30H32BrN3O3/c1-5-37-25-15-13-24(14-16-25)34-28(32-27-12-7-6-11-26(27)30(34)36)21(4)33(18-17-20(2)3)29(35)22-9-8-10-23(31)19-22/h6-16,19-21H,5,17-18H2,1-4H3. The van der Waals surface area contributed by atoms with Gasteiger partial charge >= 0.3 is 0 Å². The minimum absolute atomic E-state index is 0.102. The summed E-state index contributed by atoms with van der Waals surface area (Å²) >= 11 is 3.48. The molecule has 0 aliphatic rings. The summed E-state index contributed by atoms with van der Waals surface area (Å²) in [5.41, 5.74) is 1.69. The van der Waals surface area contributed by atoms with Crippen molar-refractivity contribution in [1.29, 1.82) is 0 Å². The highest BCUT2D eigenvalue weighted by Crippen LogP contribution is 2.27. The monoisotopic (exact) mass is 561 g/mol. The van der Waals surface area contributed by atoms with Crippen molar-refractivity contribution >= 4 is 32.7 Å². The summed E-state index contributed by atoms with van der Waals surface area (Å²) in [4.78, 5) is 34.4. The van der Waals surface area contributed by atoms with Gasteiger partial charge in [-0.25, -0.2) is 4.98 Å². The first-order valence-corrected chi connectivity index (χ1v) is 13.4. The molecule has 4 rings (SSSR count). The van der Waals surface area contributed by atoms with Gasteiger partial charge in [0.05, 0.1) is 29.2 Å². The van der Waals surface area contributed by atoms with Gasteiger partial charge in [0.1, 0.15) is 11.6 Å². The Balaban J connectivity index is 1.87. The van der Waals surface area contributed by atoms with Crippen LogP contribution in [0.25, 0.3) is 16.6 Å². The Kier molecular flexibility index (Phi) is 8.44. The lowest BCUT2D eigenvalue weighted by atomic mass is 10.1. The lowest BCUT2D eigenvalue weighted by molar-refractivity contribution is 0.0671. The molecule has 1 aromatic heterocycles. The summed E-state index contributed by atoms with van der Waals surface area (Å²) in [6.07, 6.45) is 0.824. The molecule has 0 aliphatic carbocycles. The van der Waals surface area contributed by atoms with Gasteiger partial charge in [-0.15, -0.1) is 0 Å². The normalized spacial score (nSPS) is 12.1. The summed E-state index contributed by atoms with van der Waals surface area (Å²) in [5.74, 6) is 1.55. The Hall–Kier alpha value is -3.45. The predicted molar refractivity (Wildman–Crippen MR) is 152 cm³/mol. The van der Waals surface area contributed by atoms with E-state index in [-0.39, 0.29) is 11.5 Å². The van der Waals surface area contributed by atoms with E-state index in [1.807, 2.05) is 85.5 Å². The van der Waals surface area contributed by atoms with Crippen LogP contribution < -0.4 is 10.3 Å². The summed E-state index contributed by atoms with van der Waals surface area (Å²) in [5, 5.41) is 0.527. The SMILES string of the molecule is CCOc1ccc(-n2c(C(C)N(CCC(C)C)C(=O)c3cccc(Br)c3)nc3ccccc3c2=O)cc1. The maximum absolute atomic E-state index is 13.8. The molecular formula is C30H32BrN3O3. The fourth-order valence-electron chi connectivity index (χ4n) is 4.33. The van der Waals surface area contributed by atoms with Crippen LogP contribution in [0.1, 0.15) is 56.3 Å². The van der Waals surface area contributed by atoms with E-state index in [1.54, 1.807) is 10.6 Å². The van der Waals surface area contributed by atoms with Gasteiger partial charge in [-0.3, -0.25) is 14.2 Å². The molecule has 6 nitrogen and oxygen atoms in total. The number of amides is 1. The fourth-order valence-corrected chi connectivity index (χ4v) is 4.73. The molecule has 0 bridgehead atoms. The van der Waals surface area contributed by atoms with Gasteiger partial charge in [-0.2, -0.15) is 0 Å². The number of benzene rings is 3. The third kappa shape index (κ3) is 5.93. The molecule has 192 valence electrons. The highest BCUT2D eigenvalue weighted by Gasteiger charge is 2.28. The number of halogens is 1. The molecule has 0 fully saturated rings. The largest absolute Gasteiger partial charge is 0.494 e. The van der Waals surface area contributed by atoms with Crippen molar-refractivity contribution in [2.45, 2.75) is 40.2 Å². The topological polar surface area (TPSA) is 64.4 Å². The van der Waals surface area contributed by atoms with Gasteiger partial charge in [-0.1, -0.05) is 48.0 Å². The Morgan fingerprint density at radius 2 is 1.76 bits per heavy atom. The van der Waals surface area contributed by atoms with Crippen molar-refractivity contribution in [2.24, 2.45) is 5.92 Å². The molecule has 3 aromatic carbocycles. The fraction of sp³-hybridized carbons (Fsp3) is 0.300. The third-order valence-corrected chi connectivity index (χ3v) is 6.82. The van der Waals surface area contributed by atoms with Gasteiger partial charge < -0.3 is 9.64 Å². The van der Waals surface area contributed by atoms with Gasteiger partial charge in [0, 0.05) is 16.6 Å². The molecular weight excluding hydrogens is 530 g/mol. The van der Waals surface area contributed by atoms with Crippen molar-refractivity contribution in [3.8, 4) is 11.4 Å². The number of para-hydroxylation sites is 1. The number of carbonyl (C=O) groups is 1. The first kappa shape index (κ1) is 26.6. The lowest BCUT2D eigenvalue weighted by Crippen LogP contribution is -2.38. The van der Waals surface area contributed by atoms with Crippen LogP contribution in [-0.4, -0.2) is 33.5 Å². The molecule has 7 heteroatoms. The van der Waals surface area contributed by atoms with E-state index in [0.29, 0.717) is 47.0 Å². The van der Waals surface area contributed by atoms with Crippen LogP contribution in [0.3, 0.4) is 0 Å². The minimum atomic E-state index is -0.464. The Morgan fingerprint density at radius 3 is 2.43 bits per heavy atom. The van der Waals surface area contributed by atoms with E-state index in [1.165, 1.54) is 0 Å². The molecule has 0 saturated heterocycles. The highest BCUT2D eigenvalue weighted by atomic mass is 79.9. The van der Waals surface area contributed by atoms with Crippen molar-refractivity contribution in [2.75, 3.05) is 13.2 Å². The molecule has 0 N–H and O–H groups in total. The number of hydrogen-bond acceptors (Lipinski definition) is 4. The van der Waals surface area contributed by atoms with E-state index in [9.17, 15) is 9.59 Å². The first-order chi connectivity index (χ1) is 17.8. The van der Waals surface area contributed by atoms with Crippen molar-refractivity contribution in [3.05, 3.63) is 99.0 Å². The van der Waals surface area contributed by atoms with Crippen LogP contribution in [0.5, 0.6) is 5.75 Å². The van der Waals surface area contributed by atoms with Crippen molar-refractivity contribution in [3.63, 3.8) is 0 Å². The summed E-state index contributed by atoms with van der Waals surface area (Å²) in [6, 6.07) is 21.7.